The normalized spacial score (nSPS) is 15.8. The summed E-state index contributed by atoms with van der Waals surface area (Å²) in [5.74, 6) is 0.0306. The Morgan fingerprint density at radius 2 is 2.15 bits per heavy atom. The molecule has 0 fully saturated rings. The molecule has 0 bridgehead atoms. The maximum atomic E-state index is 11.3. The maximum Gasteiger partial charge on any atom is 0.263 e. The Morgan fingerprint density at radius 1 is 1.46 bits per heavy atom. The minimum Gasteiger partial charge on any atom is -0.346 e. The van der Waals surface area contributed by atoms with Crippen LogP contribution in [0.15, 0.2) is 0 Å². The lowest BCUT2D eigenvalue weighted by molar-refractivity contribution is 0.0969. The highest BCUT2D eigenvalue weighted by atomic mass is 32.1. The first-order chi connectivity index (χ1) is 5.98. The van der Waals surface area contributed by atoms with Gasteiger partial charge in [0.2, 0.25) is 0 Å². The number of nitrogens with zero attached hydrogens (tertiary/aromatic N) is 1. The van der Waals surface area contributed by atoms with Crippen LogP contribution < -0.4 is 5.32 Å². The van der Waals surface area contributed by atoms with Crippen LogP contribution in [0.2, 0.25) is 0 Å². The van der Waals surface area contributed by atoms with Gasteiger partial charge in [-0.05, 0) is 0 Å². The van der Waals surface area contributed by atoms with E-state index in [2.05, 4.69) is 31.1 Å². The quantitative estimate of drug-likeness (QED) is 0.686. The average Bonchev–Trinajstić information content (AvgIpc) is 2.51. The second-order valence-corrected chi connectivity index (χ2v) is 5.23. The fourth-order valence-electron chi connectivity index (χ4n) is 1.21. The average molecular weight is 196 g/mol. The molecule has 1 aliphatic rings. The highest BCUT2D eigenvalue weighted by Crippen LogP contribution is 2.31. The molecular formula is C9H12N2OS. The molecule has 2 heterocycles. The van der Waals surface area contributed by atoms with Gasteiger partial charge in [-0.15, -0.1) is 11.3 Å². The first kappa shape index (κ1) is 8.69. The number of rotatable bonds is 0. The van der Waals surface area contributed by atoms with Crippen molar-refractivity contribution in [2.45, 2.75) is 32.7 Å². The number of nitrogens with one attached hydrogen (secondary N) is 1. The van der Waals surface area contributed by atoms with Crippen LogP contribution in [0.25, 0.3) is 0 Å². The van der Waals surface area contributed by atoms with Gasteiger partial charge < -0.3 is 5.32 Å². The largest absolute Gasteiger partial charge is 0.346 e. The first-order valence-electron chi connectivity index (χ1n) is 4.27. The van der Waals surface area contributed by atoms with Crippen LogP contribution in [0.1, 0.15) is 41.1 Å². The summed E-state index contributed by atoms with van der Waals surface area (Å²) in [6.07, 6.45) is 0. The van der Waals surface area contributed by atoms with Gasteiger partial charge in [-0.2, -0.15) is 0 Å². The summed E-state index contributed by atoms with van der Waals surface area (Å²) in [5, 5.41) is 3.80. The van der Waals surface area contributed by atoms with Gasteiger partial charge in [0.05, 0.1) is 17.2 Å². The summed E-state index contributed by atoms with van der Waals surface area (Å²) >= 11 is 1.51. The van der Waals surface area contributed by atoms with Crippen molar-refractivity contribution in [3.8, 4) is 0 Å². The van der Waals surface area contributed by atoms with Crippen molar-refractivity contribution in [2.24, 2.45) is 0 Å². The number of carbonyl (C=O) groups is 1. The van der Waals surface area contributed by atoms with Crippen molar-refractivity contribution in [3.63, 3.8) is 0 Å². The molecule has 1 aromatic rings. The zero-order chi connectivity index (χ0) is 9.64. The van der Waals surface area contributed by atoms with Gasteiger partial charge in [-0.3, -0.25) is 4.79 Å². The Labute approximate surface area is 81.2 Å². The Bertz CT molecular complexity index is 362. The van der Waals surface area contributed by atoms with Gasteiger partial charge in [-0.1, -0.05) is 20.8 Å². The second kappa shape index (κ2) is 2.54. The van der Waals surface area contributed by atoms with Gasteiger partial charge in [0.15, 0.2) is 0 Å². The summed E-state index contributed by atoms with van der Waals surface area (Å²) in [4.78, 5) is 16.5. The Morgan fingerprint density at radius 3 is 2.69 bits per heavy atom. The summed E-state index contributed by atoms with van der Waals surface area (Å²) in [7, 11) is 0. The molecule has 1 N–H and O–H groups in total. The molecular weight excluding hydrogens is 184 g/mol. The molecule has 0 radical (unpaired) electrons. The van der Waals surface area contributed by atoms with Gasteiger partial charge in [-0.25, -0.2) is 4.98 Å². The molecule has 70 valence electrons. The topological polar surface area (TPSA) is 42.0 Å². The van der Waals surface area contributed by atoms with Crippen molar-refractivity contribution in [1.29, 1.82) is 0 Å². The molecule has 1 aliphatic heterocycles. The standard InChI is InChI=1S/C9H12N2OS/c1-9(2,3)8-11-5-4-10-7(12)6(5)13-8/h4H2,1-3H3,(H,10,12). The lowest BCUT2D eigenvalue weighted by Crippen LogP contribution is -2.15. The third-order valence-corrected chi connectivity index (χ3v) is 3.48. The highest BCUT2D eigenvalue weighted by Gasteiger charge is 2.28. The number of aromatic nitrogens is 1. The zero-order valence-corrected chi connectivity index (χ0v) is 8.79. The summed E-state index contributed by atoms with van der Waals surface area (Å²) < 4.78 is 0. The zero-order valence-electron chi connectivity index (χ0n) is 7.97. The predicted molar refractivity (Wildman–Crippen MR) is 52.0 cm³/mol. The molecule has 0 aromatic carbocycles. The number of thiazole rings is 1. The smallest absolute Gasteiger partial charge is 0.263 e. The Balaban J connectivity index is 2.45. The van der Waals surface area contributed by atoms with E-state index < -0.39 is 0 Å². The molecule has 4 heteroatoms. The van der Waals surface area contributed by atoms with Crippen molar-refractivity contribution in [1.82, 2.24) is 10.3 Å². The third-order valence-electron chi connectivity index (χ3n) is 1.96. The molecule has 3 nitrogen and oxygen atoms in total. The van der Waals surface area contributed by atoms with Crippen molar-refractivity contribution in [2.75, 3.05) is 0 Å². The van der Waals surface area contributed by atoms with Crippen LogP contribution in [0.5, 0.6) is 0 Å². The molecule has 13 heavy (non-hydrogen) atoms. The van der Waals surface area contributed by atoms with E-state index >= 15 is 0 Å². The number of amides is 1. The van der Waals surface area contributed by atoms with Gasteiger partial charge in [0, 0.05) is 5.41 Å². The number of fused-ring (bicyclic) bond motifs is 1. The highest BCUT2D eigenvalue weighted by molar-refractivity contribution is 7.14. The molecule has 0 saturated carbocycles. The van der Waals surface area contributed by atoms with Crippen LogP contribution in [-0.4, -0.2) is 10.9 Å². The minimum atomic E-state index is 0.0306. The Hall–Kier alpha value is -0.900. The molecule has 0 spiro atoms. The molecule has 0 aliphatic carbocycles. The van der Waals surface area contributed by atoms with E-state index in [1.54, 1.807) is 0 Å². The predicted octanol–water partition coefficient (Wildman–Crippen LogP) is 1.68. The number of carbonyl (C=O) groups excluding carboxylic acids is 1. The first-order valence-corrected chi connectivity index (χ1v) is 5.08. The van der Waals surface area contributed by atoms with Gasteiger partial charge in [0.1, 0.15) is 4.88 Å². The van der Waals surface area contributed by atoms with Crippen molar-refractivity contribution >= 4 is 17.2 Å². The van der Waals surface area contributed by atoms with Crippen molar-refractivity contribution < 1.29 is 4.79 Å². The maximum absolute atomic E-state index is 11.3. The Kier molecular flexibility index (Phi) is 1.70. The molecule has 0 unspecified atom stereocenters. The van der Waals surface area contributed by atoms with E-state index in [1.807, 2.05) is 0 Å². The van der Waals surface area contributed by atoms with Crippen LogP contribution in [0.3, 0.4) is 0 Å². The van der Waals surface area contributed by atoms with Crippen LogP contribution in [0, 0.1) is 0 Å². The summed E-state index contributed by atoms with van der Waals surface area (Å²) in [6, 6.07) is 0. The number of hydrogen-bond donors (Lipinski definition) is 1. The van der Waals surface area contributed by atoms with E-state index in [0.717, 1.165) is 15.6 Å². The molecule has 0 atom stereocenters. The second-order valence-electron chi connectivity index (χ2n) is 4.23. The lowest BCUT2D eigenvalue weighted by atomic mass is 9.98. The minimum absolute atomic E-state index is 0.0306. The van der Waals surface area contributed by atoms with E-state index in [9.17, 15) is 4.79 Å². The molecule has 2 rings (SSSR count). The third kappa shape index (κ3) is 1.35. The fourth-order valence-corrected chi connectivity index (χ4v) is 2.27. The lowest BCUT2D eigenvalue weighted by Gasteiger charge is -2.13. The van der Waals surface area contributed by atoms with Crippen molar-refractivity contribution in [3.05, 3.63) is 15.6 Å². The molecule has 1 aromatic heterocycles. The van der Waals surface area contributed by atoms with Gasteiger partial charge in [0.25, 0.3) is 5.91 Å². The fraction of sp³-hybridized carbons (Fsp3) is 0.556. The van der Waals surface area contributed by atoms with Crippen LogP contribution in [-0.2, 0) is 12.0 Å². The van der Waals surface area contributed by atoms with E-state index in [4.69, 9.17) is 0 Å². The van der Waals surface area contributed by atoms with Crippen LogP contribution >= 0.6 is 11.3 Å². The monoisotopic (exact) mass is 196 g/mol. The van der Waals surface area contributed by atoms with E-state index in [0.29, 0.717) is 6.54 Å². The molecule has 0 saturated heterocycles. The molecule has 1 amide bonds. The SMILES string of the molecule is CC(C)(C)c1nc2c(s1)C(=O)NC2. The van der Waals surface area contributed by atoms with E-state index in [-0.39, 0.29) is 11.3 Å². The summed E-state index contributed by atoms with van der Waals surface area (Å²) in [6.45, 7) is 6.93. The summed E-state index contributed by atoms with van der Waals surface area (Å²) in [5.41, 5.74) is 0.967. The number of hydrogen-bond acceptors (Lipinski definition) is 3. The van der Waals surface area contributed by atoms with Gasteiger partial charge >= 0.3 is 0 Å². The van der Waals surface area contributed by atoms with E-state index in [1.165, 1.54) is 11.3 Å². The van der Waals surface area contributed by atoms with Crippen LogP contribution in [0.4, 0.5) is 0 Å².